The Bertz CT molecular complexity index is 952. The summed E-state index contributed by atoms with van der Waals surface area (Å²) in [5, 5.41) is 2.58. The van der Waals surface area contributed by atoms with Gasteiger partial charge in [0.25, 0.3) is 11.8 Å². The third-order valence-electron chi connectivity index (χ3n) is 4.61. The summed E-state index contributed by atoms with van der Waals surface area (Å²) >= 11 is 0. The van der Waals surface area contributed by atoms with Crippen molar-refractivity contribution in [3.63, 3.8) is 0 Å². The molecule has 0 aromatic heterocycles. The summed E-state index contributed by atoms with van der Waals surface area (Å²) in [5.41, 5.74) is 3.77. The molecule has 5 heteroatoms. The van der Waals surface area contributed by atoms with E-state index in [4.69, 9.17) is 4.74 Å². The SMILES string of the molecule is CNC(=O)c1ccc(CN(C)C(=O)COc2ccc(-c3ccccc3)cc2)cc1. The van der Waals surface area contributed by atoms with E-state index < -0.39 is 0 Å². The highest BCUT2D eigenvalue weighted by molar-refractivity contribution is 5.93. The van der Waals surface area contributed by atoms with E-state index in [1.165, 1.54) is 0 Å². The van der Waals surface area contributed by atoms with E-state index in [-0.39, 0.29) is 18.4 Å². The number of ether oxygens (including phenoxy) is 1. The lowest BCUT2D eigenvalue weighted by Crippen LogP contribution is -2.31. The fourth-order valence-electron chi connectivity index (χ4n) is 2.90. The molecule has 3 rings (SSSR count). The third kappa shape index (κ3) is 5.45. The molecular weight excluding hydrogens is 364 g/mol. The zero-order valence-electron chi connectivity index (χ0n) is 16.6. The zero-order chi connectivity index (χ0) is 20.6. The first kappa shape index (κ1) is 20.1. The Morgan fingerprint density at radius 2 is 1.48 bits per heavy atom. The summed E-state index contributed by atoms with van der Waals surface area (Å²) in [5.74, 6) is 0.404. The van der Waals surface area contributed by atoms with Gasteiger partial charge < -0.3 is 15.0 Å². The number of rotatable bonds is 7. The van der Waals surface area contributed by atoms with Gasteiger partial charge in [0.1, 0.15) is 5.75 Å². The van der Waals surface area contributed by atoms with E-state index >= 15 is 0 Å². The van der Waals surface area contributed by atoms with Crippen LogP contribution in [0.4, 0.5) is 0 Å². The van der Waals surface area contributed by atoms with Gasteiger partial charge in [0.15, 0.2) is 6.61 Å². The third-order valence-corrected chi connectivity index (χ3v) is 4.61. The first-order chi connectivity index (χ1) is 14.1. The van der Waals surface area contributed by atoms with Gasteiger partial charge in [-0.3, -0.25) is 9.59 Å². The largest absolute Gasteiger partial charge is 0.484 e. The van der Waals surface area contributed by atoms with Crippen LogP contribution in [0.1, 0.15) is 15.9 Å². The summed E-state index contributed by atoms with van der Waals surface area (Å²) in [7, 11) is 3.33. The van der Waals surface area contributed by atoms with Crippen LogP contribution in [0.2, 0.25) is 0 Å². The lowest BCUT2D eigenvalue weighted by Gasteiger charge is -2.18. The molecule has 0 aliphatic heterocycles. The normalized spacial score (nSPS) is 10.3. The Hall–Kier alpha value is -3.60. The van der Waals surface area contributed by atoms with Crippen molar-refractivity contribution in [2.75, 3.05) is 20.7 Å². The van der Waals surface area contributed by atoms with Gasteiger partial charge in [-0.15, -0.1) is 0 Å². The minimum absolute atomic E-state index is 0.0303. The van der Waals surface area contributed by atoms with Crippen molar-refractivity contribution in [1.29, 1.82) is 0 Å². The van der Waals surface area contributed by atoms with Crippen LogP contribution in [-0.4, -0.2) is 37.4 Å². The quantitative estimate of drug-likeness (QED) is 0.671. The van der Waals surface area contributed by atoms with E-state index in [0.717, 1.165) is 16.7 Å². The molecule has 0 saturated carbocycles. The van der Waals surface area contributed by atoms with E-state index in [1.807, 2.05) is 54.6 Å². The number of carbonyl (C=O) groups excluding carboxylic acids is 2. The van der Waals surface area contributed by atoms with Gasteiger partial charge in [-0.2, -0.15) is 0 Å². The number of nitrogens with one attached hydrogen (secondary N) is 1. The maximum Gasteiger partial charge on any atom is 0.260 e. The van der Waals surface area contributed by atoms with Crippen molar-refractivity contribution >= 4 is 11.8 Å². The molecule has 2 amide bonds. The van der Waals surface area contributed by atoms with Gasteiger partial charge in [0.05, 0.1) is 0 Å². The van der Waals surface area contributed by atoms with Gasteiger partial charge in [0.2, 0.25) is 0 Å². The number of amides is 2. The minimum Gasteiger partial charge on any atom is -0.484 e. The molecule has 0 aliphatic carbocycles. The molecule has 1 N–H and O–H groups in total. The van der Waals surface area contributed by atoms with Crippen LogP contribution in [0.25, 0.3) is 11.1 Å². The van der Waals surface area contributed by atoms with Crippen LogP contribution in [0, 0.1) is 0 Å². The topological polar surface area (TPSA) is 58.6 Å². The van der Waals surface area contributed by atoms with Gasteiger partial charge >= 0.3 is 0 Å². The molecule has 0 saturated heterocycles. The van der Waals surface area contributed by atoms with E-state index in [2.05, 4.69) is 17.4 Å². The number of likely N-dealkylation sites (N-methyl/N-ethyl adjacent to an activating group) is 1. The summed E-state index contributed by atoms with van der Waals surface area (Å²) in [6, 6.07) is 25.0. The van der Waals surface area contributed by atoms with Crippen molar-refractivity contribution in [3.8, 4) is 16.9 Å². The fraction of sp³-hybridized carbons (Fsp3) is 0.167. The molecule has 0 spiro atoms. The summed E-state index contributed by atoms with van der Waals surface area (Å²) in [6.45, 7) is 0.417. The summed E-state index contributed by atoms with van der Waals surface area (Å²) < 4.78 is 5.64. The minimum atomic E-state index is -0.132. The lowest BCUT2D eigenvalue weighted by atomic mass is 10.1. The Balaban J connectivity index is 1.51. The van der Waals surface area contributed by atoms with Crippen molar-refractivity contribution in [1.82, 2.24) is 10.2 Å². The molecular formula is C24H24N2O3. The molecule has 5 nitrogen and oxygen atoms in total. The first-order valence-corrected chi connectivity index (χ1v) is 9.40. The van der Waals surface area contributed by atoms with Gasteiger partial charge in [-0.05, 0) is 41.0 Å². The molecule has 0 fully saturated rings. The molecule has 29 heavy (non-hydrogen) atoms. The predicted octanol–water partition coefficient (Wildman–Crippen LogP) is 3.75. The van der Waals surface area contributed by atoms with Crippen LogP contribution >= 0.6 is 0 Å². The molecule has 0 radical (unpaired) electrons. The van der Waals surface area contributed by atoms with Gasteiger partial charge in [-0.1, -0.05) is 54.6 Å². The van der Waals surface area contributed by atoms with Gasteiger partial charge in [-0.25, -0.2) is 0 Å². The molecule has 3 aromatic carbocycles. The predicted molar refractivity (Wildman–Crippen MR) is 114 cm³/mol. The van der Waals surface area contributed by atoms with Crippen LogP contribution in [0.15, 0.2) is 78.9 Å². The standard InChI is InChI=1S/C24H24N2O3/c1-25-24(28)21-10-8-18(9-11-21)16-26(2)23(27)17-29-22-14-12-20(13-15-22)19-6-4-3-5-7-19/h3-15H,16-17H2,1-2H3,(H,25,28). The lowest BCUT2D eigenvalue weighted by molar-refractivity contribution is -0.132. The molecule has 0 heterocycles. The number of nitrogens with zero attached hydrogens (tertiary/aromatic N) is 1. The highest BCUT2D eigenvalue weighted by atomic mass is 16.5. The van der Waals surface area contributed by atoms with Crippen molar-refractivity contribution in [2.45, 2.75) is 6.54 Å². The van der Waals surface area contributed by atoms with Crippen LogP contribution in [-0.2, 0) is 11.3 Å². The summed E-state index contributed by atoms with van der Waals surface area (Å²) in [6.07, 6.45) is 0. The second-order valence-corrected chi connectivity index (χ2v) is 6.70. The van der Waals surface area contributed by atoms with E-state index in [0.29, 0.717) is 17.9 Å². The second-order valence-electron chi connectivity index (χ2n) is 6.70. The van der Waals surface area contributed by atoms with E-state index in [1.54, 1.807) is 31.1 Å². The van der Waals surface area contributed by atoms with Crippen molar-refractivity contribution in [2.24, 2.45) is 0 Å². The van der Waals surface area contributed by atoms with Crippen LogP contribution < -0.4 is 10.1 Å². The molecule has 148 valence electrons. The molecule has 0 atom stereocenters. The Labute approximate surface area is 170 Å². The Morgan fingerprint density at radius 3 is 2.10 bits per heavy atom. The van der Waals surface area contributed by atoms with Crippen molar-refractivity contribution in [3.05, 3.63) is 90.0 Å². The average Bonchev–Trinajstić information content (AvgIpc) is 2.78. The first-order valence-electron chi connectivity index (χ1n) is 9.40. The van der Waals surface area contributed by atoms with E-state index in [9.17, 15) is 9.59 Å². The molecule has 3 aromatic rings. The van der Waals surface area contributed by atoms with Gasteiger partial charge in [0, 0.05) is 26.2 Å². The summed E-state index contributed by atoms with van der Waals surface area (Å²) in [4.78, 5) is 25.6. The monoisotopic (exact) mass is 388 g/mol. The number of hydrogen-bond acceptors (Lipinski definition) is 3. The maximum atomic E-state index is 12.4. The Kier molecular flexibility index (Phi) is 6.63. The Morgan fingerprint density at radius 1 is 0.862 bits per heavy atom. The fourth-order valence-corrected chi connectivity index (χ4v) is 2.90. The average molecular weight is 388 g/mol. The molecule has 0 bridgehead atoms. The van der Waals surface area contributed by atoms with Crippen LogP contribution in [0.3, 0.4) is 0 Å². The smallest absolute Gasteiger partial charge is 0.260 e. The second kappa shape index (κ2) is 9.55. The molecule has 0 unspecified atom stereocenters. The maximum absolute atomic E-state index is 12.4. The zero-order valence-corrected chi connectivity index (χ0v) is 16.6. The highest BCUT2D eigenvalue weighted by Gasteiger charge is 2.11. The highest BCUT2D eigenvalue weighted by Crippen LogP contribution is 2.22. The number of hydrogen-bond donors (Lipinski definition) is 1. The van der Waals surface area contributed by atoms with Crippen molar-refractivity contribution < 1.29 is 14.3 Å². The number of benzene rings is 3. The number of carbonyl (C=O) groups is 2. The van der Waals surface area contributed by atoms with Crippen LogP contribution in [0.5, 0.6) is 5.75 Å². The molecule has 0 aliphatic rings.